The van der Waals surface area contributed by atoms with E-state index in [9.17, 15) is 18.3 Å². The molecular weight excluding hydrogens is 279 g/mol. The first kappa shape index (κ1) is 16.3. The smallest absolute Gasteiger partial charge is 0.375 e. The third-order valence-electron chi connectivity index (χ3n) is 4.37. The van der Waals surface area contributed by atoms with Gasteiger partial charge in [-0.05, 0) is 36.8 Å². The van der Waals surface area contributed by atoms with Gasteiger partial charge in [-0.15, -0.1) is 0 Å². The molecule has 0 aliphatic heterocycles. The minimum Gasteiger partial charge on any atom is -0.375 e. The number of alkyl halides is 3. The van der Waals surface area contributed by atoms with E-state index in [1.165, 1.54) is 18.7 Å². The molecule has 1 heterocycles. The number of hydrogen-bond acceptors (Lipinski definition) is 2. The van der Waals surface area contributed by atoms with E-state index in [1.54, 1.807) is 13.0 Å². The maximum Gasteiger partial charge on any atom is 0.422 e. The molecule has 1 saturated carbocycles. The van der Waals surface area contributed by atoms with Crippen LogP contribution in [-0.2, 0) is 5.60 Å². The first-order valence-electron chi connectivity index (χ1n) is 7.64. The molecular formula is C16H22F3NO. The van der Waals surface area contributed by atoms with Crippen molar-refractivity contribution in [3.8, 4) is 0 Å². The van der Waals surface area contributed by atoms with Crippen LogP contribution in [0.2, 0.25) is 0 Å². The minimum absolute atomic E-state index is 0.238. The van der Waals surface area contributed by atoms with Gasteiger partial charge in [0, 0.05) is 6.20 Å². The van der Waals surface area contributed by atoms with E-state index in [0.29, 0.717) is 5.92 Å². The van der Waals surface area contributed by atoms with Gasteiger partial charge in [0.1, 0.15) is 0 Å². The van der Waals surface area contributed by atoms with E-state index in [4.69, 9.17) is 0 Å². The number of hydrogen-bond donors (Lipinski definition) is 1. The number of aromatic nitrogens is 1. The third-order valence-corrected chi connectivity index (χ3v) is 4.37. The lowest BCUT2D eigenvalue weighted by molar-refractivity contribution is -0.270. The van der Waals surface area contributed by atoms with Crippen LogP contribution in [0, 0.1) is 0 Å². The lowest BCUT2D eigenvalue weighted by Gasteiger charge is -2.30. The second-order valence-electron chi connectivity index (χ2n) is 5.92. The molecule has 1 aliphatic rings. The van der Waals surface area contributed by atoms with Crippen LogP contribution in [0.1, 0.15) is 69.0 Å². The van der Waals surface area contributed by atoms with Gasteiger partial charge in [-0.1, -0.05) is 38.7 Å². The molecule has 2 nitrogen and oxygen atoms in total. The molecule has 5 heteroatoms. The van der Waals surface area contributed by atoms with Crippen molar-refractivity contribution in [2.45, 2.75) is 69.6 Å². The van der Waals surface area contributed by atoms with Crippen LogP contribution >= 0.6 is 0 Å². The van der Waals surface area contributed by atoms with Gasteiger partial charge in [0.05, 0.1) is 5.69 Å². The van der Waals surface area contributed by atoms with Gasteiger partial charge in [-0.2, -0.15) is 13.2 Å². The molecule has 0 amide bonds. The first-order valence-corrected chi connectivity index (χ1v) is 7.64. The summed E-state index contributed by atoms with van der Waals surface area (Å²) in [6.07, 6.45) is 2.36. The molecule has 1 unspecified atom stereocenters. The summed E-state index contributed by atoms with van der Waals surface area (Å²) >= 11 is 0. The Balaban J connectivity index is 2.23. The summed E-state index contributed by atoms with van der Waals surface area (Å²) in [6, 6.07) is 3.04. The van der Waals surface area contributed by atoms with Crippen LogP contribution in [-0.4, -0.2) is 16.3 Å². The van der Waals surface area contributed by atoms with Crippen molar-refractivity contribution in [3.63, 3.8) is 0 Å². The SMILES string of the molecule is CCCC(O)(c1ccc(C2CCCCC2)cn1)C(F)(F)F. The highest BCUT2D eigenvalue weighted by atomic mass is 19.4. The Morgan fingerprint density at radius 2 is 1.86 bits per heavy atom. The Morgan fingerprint density at radius 1 is 1.19 bits per heavy atom. The second kappa shape index (κ2) is 6.34. The normalized spacial score (nSPS) is 20.2. The highest BCUT2D eigenvalue weighted by Gasteiger charge is 2.55. The van der Waals surface area contributed by atoms with Crippen molar-refractivity contribution in [2.75, 3.05) is 0 Å². The summed E-state index contributed by atoms with van der Waals surface area (Å²) in [5.41, 5.74) is -2.15. The summed E-state index contributed by atoms with van der Waals surface area (Å²) in [5.74, 6) is 0.394. The molecule has 0 saturated heterocycles. The van der Waals surface area contributed by atoms with Gasteiger partial charge in [-0.3, -0.25) is 4.98 Å². The number of nitrogens with zero attached hydrogens (tertiary/aromatic N) is 1. The average Bonchev–Trinajstić information content (AvgIpc) is 2.47. The highest BCUT2D eigenvalue weighted by molar-refractivity contribution is 5.23. The van der Waals surface area contributed by atoms with E-state index < -0.39 is 11.8 Å². The van der Waals surface area contributed by atoms with Crippen LogP contribution < -0.4 is 0 Å². The predicted molar refractivity (Wildman–Crippen MR) is 74.9 cm³/mol. The molecule has 2 rings (SSSR count). The van der Waals surface area contributed by atoms with E-state index in [-0.39, 0.29) is 18.5 Å². The summed E-state index contributed by atoms with van der Waals surface area (Å²) in [5, 5.41) is 10.0. The molecule has 1 N–H and O–H groups in total. The van der Waals surface area contributed by atoms with Crippen LogP contribution in [0.4, 0.5) is 13.2 Å². The zero-order valence-corrected chi connectivity index (χ0v) is 12.3. The van der Waals surface area contributed by atoms with Crippen molar-refractivity contribution in [1.82, 2.24) is 4.98 Å². The topological polar surface area (TPSA) is 33.1 Å². The molecule has 1 fully saturated rings. The Hall–Kier alpha value is -1.10. The number of halogens is 3. The van der Waals surface area contributed by atoms with Crippen molar-refractivity contribution in [3.05, 3.63) is 29.6 Å². The summed E-state index contributed by atoms with van der Waals surface area (Å²) < 4.78 is 39.4. The predicted octanol–water partition coefficient (Wildman–Crippen LogP) is 4.68. The summed E-state index contributed by atoms with van der Waals surface area (Å²) in [7, 11) is 0. The molecule has 0 spiro atoms. The second-order valence-corrected chi connectivity index (χ2v) is 5.92. The third kappa shape index (κ3) is 3.39. The lowest BCUT2D eigenvalue weighted by Crippen LogP contribution is -2.42. The van der Waals surface area contributed by atoms with Crippen LogP contribution in [0.5, 0.6) is 0 Å². The zero-order chi connectivity index (χ0) is 15.5. The van der Waals surface area contributed by atoms with Crippen molar-refractivity contribution >= 4 is 0 Å². The molecule has 1 aliphatic carbocycles. The fourth-order valence-corrected chi connectivity index (χ4v) is 3.10. The Kier molecular flexibility index (Phi) is 4.91. The van der Waals surface area contributed by atoms with Gasteiger partial charge in [0.25, 0.3) is 0 Å². The van der Waals surface area contributed by atoms with Crippen LogP contribution in [0.3, 0.4) is 0 Å². The molecule has 0 bridgehead atoms. The Morgan fingerprint density at radius 3 is 2.33 bits per heavy atom. The first-order chi connectivity index (χ1) is 9.88. The van der Waals surface area contributed by atoms with Gasteiger partial charge >= 0.3 is 6.18 Å². The average molecular weight is 301 g/mol. The minimum atomic E-state index is -4.71. The highest BCUT2D eigenvalue weighted by Crippen LogP contribution is 2.42. The summed E-state index contributed by atoms with van der Waals surface area (Å²) in [4.78, 5) is 3.94. The maximum atomic E-state index is 13.1. The maximum absolute atomic E-state index is 13.1. The number of rotatable bonds is 4. The van der Waals surface area contributed by atoms with Crippen LogP contribution in [0.15, 0.2) is 18.3 Å². The number of pyridine rings is 1. The van der Waals surface area contributed by atoms with Gasteiger partial charge in [-0.25, -0.2) is 0 Å². The van der Waals surface area contributed by atoms with Crippen LogP contribution in [0.25, 0.3) is 0 Å². The molecule has 0 radical (unpaired) electrons. The van der Waals surface area contributed by atoms with E-state index in [0.717, 1.165) is 31.2 Å². The monoisotopic (exact) mass is 301 g/mol. The zero-order valence-electron chi connectivity index (χ0n) is 12.3. The summed E-state index contributed by atoms with van der Waals surface area (Å²) in [6.45, 7) is 1.62. The van der Waals surface area contributed by atoms with Crippen molar-refractivity contribution in [2.24, 2.45) is 0 Å². The fraction of sp³-hybridized carbons (Fsp3) is 0.688. The van der Waals surface area contributed by atoms with E-state index in [2.05, 4.69) is 4.98 Å². The Bertz CT molecular complexity index is 452. The molecule has 21 heavy (non-hydrogen) atoms. The number of aliphatic hydroxyl groups is 1. The molecule has 1 aromatic rings. The molecule has 0 aromatic carbocycles. The van der Waals surface area contributed by atoms with Crippen molar-refractivity contribution < 1.29 is 18.3 Å². The lowest BCUT2D eigenvalue weighted by atomic mass is 9.84. The van der Waals surface area contributed by atoms with Gasteiger partial charge < -0.3 is 5.11 Å². The van der Waals surface area contributed by atoms with E-state index >= 15 is 0 Å². The fourth-order valence-electron chi connectivity index (χ4n) is 3.10. The molecule has 1 aromatic heterocycles. The van der Waals surface area contributed by atoms with Gasteiger partial charge in [0.15, 0.2) is 0 Å². The largest absolute Gasteiger partial charge is 0.422 e. The molecule has 118 valence electrons. The van der Waals surface area contributed by atoms with Crippen molar-refractivity contribution in [1.29, 1.82) is 0 Å². The van der Waals surface area contributed by atoms with Gasteiger partial charge in [0.2, 0.25) is 5.60 Å². The van der Waals surface area contributed by atoms with E-state index in [1.807, 2.05) is 0 Å². The standard InChI is InChI=1S/C16H22F3NO/c1-2-10-15(21,16(17,18)19)14-9-8-13(11-20-14)12-6-4-3-5-7-12/h8-9,11-12,21H,2-7,10H2,1H3. The quantitative estimate of drug-likeness (QED) is 0.876. The molecule has 1 atom stereocenters. The Labute approximate surface area is 123 Å².